The Bertz CT molecular complexity index is 1130. The Kier molecular flexibility index (Phi) is 7.12. The standard InChI is InChI=1S/C22H21ClF2N2O3S/c1-22(2,3)30-21(28)26-11-13(10-24)12-29-18-7-4-14(8-16(18)25)20-27-17-6-5-15(23)9-19(17)31-20/h4-10H,11-12H2,1-3H3,(H,26,28). The molecule has 3 aromatic rings. The van der Waals surface area contributed by atoms with Crippen LogP contribution in [0.5, 0.6) is 5.75 Å². The van der Waals surface area contributed by atoms with Crippen molar-refractivity contribution in [3.63, 3.8) is 0 Å². The van der Waals surface area contributed by atoms with Gasteiger partial charge in [-0.2, -0.15) is 0 Å². The van der Waals surface area contributed by atoms with Gasteiger partial charge in [-0.15, -0.1) is 11.3 Å². The molecule has 164 valence electrons. The molecular formula is C22H21ClF2N2O3S. The Morgan fingerprint density at radius 3 is 2.71 bits per heavy atom. The van der Waals surface area contributed by atoms with Gasteiger partial charge >= 0.3 is 6.09 Å². The molecule has 3 rings (SSSR count). The Morgan fingerprint density at radius 2 is 2.03 bits per heavy atom. The molecule has 0 fully saturated rings. The number of carbonyl (C=O) groups is 1. The van der Waals surface area contributed by atoms with Crippen molar-refractivity contribution in [1.82, 2.24) is 10.3 Å². The number of rotatable bonds is 6. The van der Waals surface area contributed by atoms with Crippen LogP contribution in [0.4, 0.5) is 13.6 Å². The molecule has 0 aliphatic carbocycles. The first kappa shape index (κ1) is 23.0. The second-order valence-electron chi connectivity index (χ2n) is 7.69. The summed E-state index contributed by atoms with van der Waals surface area (Å²) in [7, 11) is 0. The van der Waals surface area contributed by atoms with Crippen LogP contribution in [0.3, 0.4) is 0 Å². The van der Waals surface area contributed by atoms with Crippen molar-refractivity contribution in [2.75, 3.05) is 13.2 Å². The molecule has 1 heterocycles. The number of nitrogens with zero attached hydrogens (tertiary/aromatic N) is 1. The second kappa shape index (κ2) is 9.62. The van der Waals surface area contributed by atoms with E-state index in [0.717, 1.165) is 10.2 Å². The summed E-state index contributed by atoms with van der Waals surface area (Å²) in [6.45, 7) is 4.80. The predicted molar refractivity (Wildman–Crippen MR) is 119 cm³/mol. The van der Waals surface area contributed by atoms with Crippen molar-refractivity contribution in [2.45, 2.75) is 26.4 Å². The van der Waals surface area contributed by atoms with Crippen molar-refractivity contribution in [2.24, 2.45) is 0 Å². The van der Waals surface area contributed by atoms with E-state index in [1.807, 2.05) is 12.1 Å². The van der Waals surface area contributed by atoms with Crippen molar-refractivity contribution < 1.29 is 23.0 Å². The van der Waals surface area contributed by atoms with Crippen LogP contribution >= 0.6 is 22.9 Å². The maximum absolute atomic E-state index is 14.5. The van der Waals surface area contributed by atoms with E-state index in [2.05, 4.69) is 10.3 Å². The molecule has 0 spiro atoms. The second-order valence-corrected chi connectivity index (χ2v) is 9.15. The lowest BCUT2D eigenvalue weighted by atomic mass is 10.2. The first-order chi connectivity index (χ1) is 14.6. The third-order valence-electron chi connectivity index (χ3n) is 3.96. The molecule has 0 aliphatic heterocycles. The number of ether oxygens (including phenoxy) is 2. The summed E-state index contributed by atoms with van der Waals surface area (Å²) >= 11 is 7.40. The molecule has 0 radical (unpaired) electrons. The van der Waals surface area contributed by atoms with Crippen molar-refractivity contribution >= 4 is 39.2 Å². The fourth-order valence-electron chi connectivity index (χ4n) is 2.56. The number of hydrogen-bond donors (Lipinski definition) is 1. The molecule has 0 atom stereocenters. The van der Waals surface area contributed by atoms with Gasteiger partial charge in [0, 0.05) is 22.7 Å². The summed E-state index contributed by atoms with van der Waals surface area (Å²) < 4.78 is 39.0. The average molecular weight is 467 g/mol. The lowest BCUT2D eigenvalue weighted by molar-refractivity contribution is 0.0531. The molecule has 1 aromatic heterocycles. The normalized spacial score (nSPS) is 12.1. The number of thiazole rings is 1. The van der Waals surface area contributed by atoms with Crippen LogP contribution in [0.2, 0.25) is 5.02 Å². The number of aromatic nitrogens is 1. The number of nitrogens with one attached hydrogen (secondary N) is 1. The summed E-state index contributed by atoms with van der Waals surface area (Å²) in [6.07, 6.45) is -0.366. The number of halogens is 3. The fraction of sp³-hybridized carbons (Fsp3) is 0.273. The Morgan fingerprint density at radius 1 is 1.26 bits per heavy atom. The highest BCUT2D eigenvalue weighted by molar-refractivity contribution is 7.21. The Balaban J connectivity index is 1.62. The first-order valence-electron chi connectivity index (χ1n) is 9.38. The monoisotopic (exact) mass is 466 g/mol. The van der Waals surface area contributed by atoms with E-state index in [-0.39, 0.29) is 24.5 Å². The van der Waals surface area contributed by atoms with Gasteiger partial charge in [0.15, 0.2) is 11.6 Å². The van der Waals surface area contributed by atoms with Gasteiger partial charge in [-0.1, -0.05) is 11.6 Å². The molecule has 0 aliphatic rings. The van der Waals surface area contributed by atoms with Crippen molar-refractivity contribution in [1.29, 1.82) is 0 Å². The highest BCUT2D eigenvalue weighted by Crippen LogP contribution is 2.33. The number of hydrogen-bond acceptors (Lipinski definition) is 5. The first-order valence-corrected chi connectivity index (χ1v) is 10.6. The van der Waals surface area contributed by atoms with E-state index in [1.165, 1.54) is 23.5 Å². The number of benzene rings is 2. The fourth-order valence-corrected chi connectivity index (χ4v) is 3.80. The third-order valence-corrected chi connectivity index (χ3v) is 5.26. The molecule has 31 heavy (non-hydrogen) atoms. The summed E-state index contributed by atoms with van der Waals surface area (Å²) in [5.74, 6) is -0.641. The smallest absolute Gasteiger partial charge is 0.407 e. The van der Waals surface area contributed by atoms with E-state index in [0.29, 0.717) is 21.9 Å². The van der Waals surface area contributed by atoms with Gasteiger partial charge in [0.2, 0.25) is 0 Å². The SMILES string of the molecule is CC(C)(C)OC(=O)NCC(=CF)COc1ccc(-c2nc3ccc(Cl)cc3s2)cc1F. The largest absolute Gasteiger partial charge is 0.486 e. The minimum atomic E-state index is -0.681. The molecule has 5 nitrogen and oxygen atoms in total. The topological polar surface area (TPSA) is 60.5 Å². The minimum absolute atomic E-state index is 0.0375. The lowest BCUT2D eigenvalue weighted by Gasteiger charge is -2.20. The number of amides is 1. The molecule has 0 bridgehead atoms. The quantitative estimate of drug-likeness (QED) is 0.449. The van der Waals surface area contributed by atoms with E-state index >= 15 is 0 Å². The van der Waals surface area contributed by atoms with Crippen LogP contribution in [0, 0.1) is 5.82 Å². The lowest BCUT2D eigenvalue weighted by Crippen LogP contribution is -2.34. The highest BCUT2D eigenvalue weighted by atomic mass is 35.5. The average Bonchev–Trinajstić information content (AvgIpc) is 3.10. The van der Waals surface area contributed by atoms with Crippen LogP contribution < -0.4 is 10.1 Å². The summed E-state index contributed by atoms with van der Waals surface area (Å²) in [4.78, 5) is 16.2. The van der Waals surface area contributed by atoms with Crippen LogP contribution in [-0.2, 0) is 4.74 Å². The molecular weight excluding hydrogens is 446 g/mol. The predicted octanol–water partition coefficient (Wildman–Crippen LogP) is 6.51. The third kappa shape index (κ3) is 6.38. The maximum Gasteiger partial charge on any atom is 0.407 e. The zero-order valence-corrected chi connectivity index (χ0v) is 18.7. The van der Waals surface area contributed by atoms with Crippen molar-refractivity contribution in [3.8, 4) is 16.3 Å². The zero-order chi connectivity index (χ0) is 22.6. The maximum atomic E-state index is 14.5. The van der Waals surface area contributed by atoms with Crippen molar-refractivity contribution in [3.05, 3.63) is 59.1 Å². The summed E-state index contributed by atoms with van der Waals surface area (Å²) in [5.41, 5.74) is 0.827. The van der Waals surface area contributed by atoms with Crippen LogP contribution in [-0.4, -0.2) is 29.8 Å². The zero-order valence-electron chi connectivity index (χ0n) is 17.2. The Labute approximate surface area is 187 Å². The van der Waals surface area contributed by atoms with Gasteiger partial charge in [0.25, 0.3) is 0 Å². The molecule has 2 aromatic carbocycles. The molecule has 0 saturated carbocycles. The van der Waals surface area contributed by atoms with E-state index in [1.54, 1.807) is 32.9 Å². The number of fused-ring (bicyclic) bond motifs is 1. The van der Waals surface area contributed by atoms with Crippen LogP contribution in [0.1, 0.15) is 20.8 Å². The molecule has 1 amide bonds. The van der Waals surface area contributed by atoms with Gasteiger partial charge in [0.05, 0.1) is 16.5 Å². The van der Waals surface area contributed by atoms with Gasteiger partial charge in [0.1, 0.15) is 17.2 Å². The molecule has 9 heteroatoms. The van der Waals surface area contributed by atoms with Gasteiger partial charge in [-0.25, -0.2) is 18.6 Å². The van der Waals surface area contributed by atoms with Gasteiger partial charge in [-0.3, -0.25) is 0 Å². The highest BCUT2D eigenvalue weighted by Gasteiger charge is 2.16. The van der Waals surface area contributed by atoms with E-state index < -0.39 is 17.5 Å². The Hall–Kier alpha value is -2.71. The van der Waals surface area contributed by atoms with E-state index in [4.69, 9.17) is 21.1 Å². The van der Waals surface area contributed by atoms with Gasteiger partial charge in [-0.05, 0) is 57.2 Å². The molecule has 0 saturated heterocycles. The summed E-state index contributed by atoms with van der Waals surface area (Å²) in [5, 5.41) is 3.68. The number of carbonyl (C=O) groups excluding carboxylic acids is 1. The molecule has 0 unspecified atom stereocenters. The number of alkyl carbamates (subject to hydrolysis) is 1. The van der Waals surface area contributed by atoms with Crippen LogP contribution in [0.25, 0.3) is 20.8 Å². The molecule has 1 N–H and O–H groups in total. The van der Waals surface area contributed by atoms with Crippen LogP contribution in [0.15, 0.2) is 48.3 Å². The van der Waals surface area contributed by atoms with E-state index in [9.17, 15) is 13.6 Å². The minimum Gasteiger partial charge on any atom is -0.486 e. The van der Waals surface area contributed by atoms with Gasteiger partial charge < -0.3 is 14.8 Å². The summed E-state index contributed by atoms with van der Waals surface area (Å²) in [6, 6.07) is 9.81.